The maximum absolute atomic E-state index is 12.3. The summed E-state index contributed by atoms with van der Waals surface area (Å²) in [5, 5.41) is 2.67. The minimum Gasteiger partial charge on any atom is -0.493 e. The van der Waals surface area contributed by atoms with Gasteiger partial charge in [-0.15, -0.1) is 0 Å². The minimum atomic E-state index is -2.93. The van der Waals surface area contributed by atoms with Gasteiger partial charge in [0.1, 0.15) is 0 Å². The first kappa shape index (κ1) is 20.9. The zero-order valence-corrected chi connectivity index (χ0v) is 15.3. The number of carbonyl (C=O) groups excluding carboxylic acids is 2. The molecule has 1 fully saturated rings. The van der Waals surface area contributed by atoms with Gasteiger partial charge in [-0.05, 0) is 37.0 Å². The molecule has 1 amide bonds. The van der Waals surface area contributed by atoms with E-state index >= 15 is 0 Å². The summed E-state index contributed by atoms with van der Waals surface area (Å²) in [5.74, 6) is -0.614. The van der Waals surface area contributed by atoms with Crippen molar-refractivity contribution in [3.63, 3.8) is 0 Å². The van der Waals surface area contributed by atoms with Crippen molar-refractivity contribution in [3.05, 3.63) is 23.8 Å². The maximum atomic E-state index is 12.3. The van der Waals surface area contributed by atoms with Crippen LogP contribution in [0.1, 0.15) is 37.7 Å². The Bertz CT molecular complexity index is 633. The SMILES string of the molecule is COc1cc(CCNC(=O)COC(=O)C2CCCCC2)ccc1OC(F)F. The fourth-order valence-electron chi connectivity index (χ4n) is 3.05. The summed E-state index contributed by atoms with van der Waals surface area (Å²) in [6, 6.07) is 4.59. The van der Waals surface area contributed by atoms with Gasteiger partial charge in [0.2, 0.25) is 0 Å². The van der Waals surface area contributed by atoms with Crippen LogP contribution in [-0.2, 0) is 20.7 Å². The second-order valence-corrected chi connectivity index (χ2v) is 6.41. The first-order valence-electron chi connectivity index (χ1n) is 9.04. The summed E-state index contributed by atoms with van der Waals surface area (Å²) in [6.45, 7) is -2.90. The van der Waals surface area contributed by atoms with Crippen LogP contribution in [0.25, 0.3) is 0 Å². The predicted octanol–water partition coefficient (Wildman–Crippen LogP) is 3.08. The lowest BCUT2D eigenvalue weighted by Crippen LogP contribution is -2.32. The molecule has 150 valence electrons. The highest BCUT2D eigenvalue weighted by molar-refractivity contribution is 5.81. The standard InChI is InChI=1S/C19H25F2NO5/c1-25-16-11-13(7-8-15(16)27-19(20)21)9-10-22-17(23)12-26-18(24)14-5-3-2-4-6-14/h7-8,11,14,19H,2-6,9-10,12H2,1H3,(H,22,23). The van der Waals surface area contributed by atoms with Gasteiger partial charge in [-0.2, -0.15) is 8.78 Å². The van der Waals surface area contributed by atoms with Gasteiger partial charge in [0.15, 0.2) is 18.1 Å². The number of rotatable bonds is 9. The van der Waals surface area contributed by atoms with Gasteiger partial charge in [-0.1, -0.05) is 25.3 Å². The van der Waals surface area contributed by atoms with Crippen LogP contribution in [-0.4, -0.2) is 38.7 Å². The van der Waals surface area contributed by atoms with Crippen molar-refractivity contribution in [2.75, 3.05) is 20.3 Å². The number of ether oxygens (including phenoxy) is 3. The Kier molecular flexibility index (Phi) is 8.29. The third-order valence-corrected chi connectivity index (χ3v) is 4.46. The zero-order chi connectivity index (χ0) is 19.6. The molecule has 1 N–H and O–H groups in total. The smallest absolute Gasteiger partial charge is 0.387 e. The highest BCUT2D eigenvalue weighted by Crippen LogP contribution is 2.29. The molecule has 1 aromatic rings. The molecule has 0 heterocycles. The van der Waals surface area contributed by atoms with Gasteiger partial charge in [-0.3, -0.25) is 9.59 Å². The zero-order valence-electron chi connectivity index (χ0n) is 15.3. The molecule has 1 aliphatic carbocycles. The quantitative estimate of drug-likeness (QED) is 0.662. The van der Waals surface area contributed by atoms with E-state index in [0.29, 0.717) is 13.0 Å². The average molecular weight is 385 g/mol. The summed E-state index contributed by atoms with van der Waals surface area (Å²) < 4.78 is 39.1. The summed E-state index contributed by atoms with van der Waals surface area (Å²) >= 11 is 0. The van der Waals surface area contributed by atoms with Crippen LogP contribution >= 0.6 is 0 Å². The molecule has 0 saturated heterocycles. The van der Waals surface area contributed by atoms with E-state index < -0.39 is 6.61 Å². The first-order valence-corrected chi connectivity index (χ1v) is 9.04. The number of hydrogen-bond acceptors (Lipinski definition) is 5. The van der Waals surface area contributed by atoms with Crippen LogP contribution in [0.4, 0.5) is 8.78 Å². The molecule has 1 aromatic carbocycles. The van der Waals surface area contributed by atoms with E-state index in [2.05, 4.69) is 10.1 Å². The fraction of sp³-hybridized carbons (Fsp3) is 0.579. The van der Waals surface area contributed by atoms with Crippen molar-refractivity contribution in [1.29, 1.82) is 0 Å². The molecular weight excluding hydrogens is 360 g/mol. The molecule has 1 aliphatic rings. The van der Waals surface area contributed by atoms with Crippen molar-refractivity contribution in [2.24, 2.45) is 5.92 Å². The number of methoxy groups -OCH3 is 1. The maximum Gasteiger partial charge on any atom is 0.387 e. The highest BCUT2D eigenvalue weighted by Gasteiger charge is 2.23. The Hall–Kier alpha value is -2.38. The van der Waals surface area contributed by atoms with E-state index in [0.717, 1.165) is 37.7 Å². The van der Waals surface area contributed by atoms with E-state index in [9.17, 15) is 18.4 Å². The molecule has 6 nitrogen and oxygen atoms in total. The number of benzene rings is 1. The molecule has 0 bridgehead atoms. The molecule has 2 rings (SSSR count). The van der Waals surface area contributed by atoms with Gasteiger partial charge in [-0.25, -0.2) is 0 Å². The van der Waals surface area contributed by atoms with Crippen molar-refractivity contribution in [3.8, 4) is 11.5 Å². The molecule has 0 atom stereocenters. The Labute approximate surface area is 157 Å². The summed E-state index contributed by atoms with van der Waals surface area (Å²) in [7, 11) is 1.36. The summed E-state index contributed by atoms with van der Waals surface area (Å²) in [5.41, 5.74) is 0.785. The number of nitrogens with one attached hydrogen (secondary N) is 1. The molecule has 27 heavy (non-hydrogen) atoms. The normalized spacial score (nSPS) is 14.7. The molecule has 1 saturated carbocycles. The van der Waals surface area contributed by atoms with Crippen LogP contribution in [0.3, 0.4) is 0 Å². The fourth-order valence-corrected chi connectivity index (χ4v) is 3.05. The molecule has 0 radical (unpaired) electrons. The van der Waals surface area contributed by atoms with Crippen LogP contribution in [0.2, 0.25) is 0 Å². The lowest BCUT2D eigenvalue weighted by Gasteiger charge is -2.19. The Morgan fingerprint density at radius 3 is 2.59 bits per heavy atom. The van der Waals surface area contributed by atoms with Gasteiger partial charge in [0.25, 0.3) is 5.91 Å². The van der Waals surface area contributed by atoms with Crippen molar-refractivity contribution < 1.29 is 32.6 Å². The van der Waals surface area contributed by atoms with E-state index in [1.54, 1.807) is 12.1 Å². The largest absolute Gasteiger partial charge is 0.493 e. The van der Waals surface area contributed by atoms with Crippen LogP contribution in [0.5, 0.6) is 11.5 Å². The number of hydrogen-bond donors (Lipinski definition) is 1. The van der Waals surface area contributed by atoms with Crippen LogP contribution < -0.4 is 14.8 Å². The van der Waals surface area contributed by atoms with Gasteiger partial charge in [0, 0.05) is 6.54 Å². The second-order valence-electron chi connectivity index (χ2n) is 6.41. The van der Waals surface area contributed by atoms with E-state index in [1.165, 1.54) is 13.2 Å². The summed E-state index contributed by atoms with van der Waals surface area (Å²) in [4.78, 5) is 23.7. The molecule has 8 heteroatoms. The molecule has 0 spiro atoms. The minimum absolute atomic E-state index is 0.0464. The summed E-state index contributed by atoms with van der Waals surface area (Å²) in [6.07, 6.45) is 5.31. The topological polar surface area (TPSA) is 73.9 Å². The van der Waals surface area contributed by atoms with Crippen LogP contribution in [0, 0.1) is 5.92 Å². The molecule has 0 unspecified atom stereocenters. The lowest BCUT2D eigenvalue weighted by atomic mass is 9.89. The molecule has 0 aromatic heterocycles. The van der Waals surface area contributed by atoms with E-state index in [-0.39, 0.29) is 35.9 Å². The lowest BCUT2D eigenvalue weighted by molar-refractivity contribution is -0.153. The van der Waals surface area contributed by atoms with Crippen LogP contribution in [0.15, 0.2) is 18.2 Å². The monoisotopic (exact) mass is 385 g/mol. The van der Waals surface area contributed by atoms with Gasteiger partial charge in [0.05, 0.1) is 13.0 Å². The third kappa shape index (κ3) is 7.03. The Morgan fingerprint density at radius 2 is 1.93 bits per heavy atom. The van der Waals surface area contributed by atoms with Gasteiger partial charge < -0.3 is 19.5 Å². The second kappa shape index (κ2) is 10.7. The van der Waals surface area contributed by atoms with Crippen molar-refractivity contribution in [1.82, 2.24) is 5.32 Å². The number of carbonyl (C=O) groups is 2. The Morgan fingerprint density at radius 1 is 1.19 bits per heavy atom. The molecular formula is C19H25F2NO5. The third-order valence-electron chi connectivity index (χ3n) is 4.46. The van der Waals surface area contributed by atoms with Crippen molar-refractivity contribution in [2.45, 2.75) is 45.1 Å². The number of amides is 1. The number of alkyl halides is 2. The van der Waals surface area contributed by atoms with E-state index in [1.807, 2.05) is 0 Å². The number of esters is 1. The average Bonchev–Trinajstić information content (AvgIpc) is 2.67. The van der Waals surface area contributed by atoms with E-state index in [4.69, 9.17) is 9.47 Å². The highest BCUT2D eigenvalue weighted by atomic mass is 19.3. The molecule has 0 aliphatic heterocycles. The first-order chi connectivity index (χ1) is 13.0. The number of halogens is 2. The van der Waals surface area contributed by atoms with Gasteiger partial charge >= 0.3 is 12.6 Å². The van der Waals surface area contributed by atoms with Crippen molar-refractivity contribution >= 4 is 11.9 Å². The predicted molar refractivity (Wildman–Crippen MR) is 93.9 cm³/mol. The Balaban J connectivity index is 1.72.